The van der Waals surface area contributed by atoms with Crippen LogP contribution in [0.1, 0.15) is 37.9 Å². The number of hydrogen-bond acceptors (Lipinski definition) is 3. The Bertz CT molecular complexity index is 525. The normalized spacial score (nSPS) is 19.5. The van der Waals surface area contributed by atoms with Gasteiger partial charge in [-0.2, -0.15) is 0 Å². The van der Waals surface area contributed by atoms with Gasteiger partial charge in [0.1, 0.15) is 11.4 Å². The van der Waals surface area contributed by atoms with E-state index in [1.165, 1.54) is 12.1 Å². The third-order valence-electron chi connectivity index (χ3n) is 3.43. The van der Waals surface area contributed by atoms with Gasteiger partial charge in [-0.15, -0.1) is 0 Å². The van der Waals surface area contributed by atoms with Crippen molar-refractivity contribution in [1.29, 1.82) is 0 Å². The zero-order chi connectivity index (χ0) is 15.6. The first-order valence-corrected chi connectivity index (χ1v) is 7.23. The maximum atomic E-state index is 13.2. The highest BCUT2D eigenvalue weighted by atomic mass is 19.1. The van der Waals surface area contributed by atoms with Crippen LogP contribution in [0.15, 0.2) is 18.2 Å². The molecule has 1 heterocycles. The van der Waals surface area contributed by atoms with Crippen molar-refractivity contribution in [2.24, 2.45) is 0 Å². The molecule has 0 unspecified atom stereocenters. The summed E-state index contributed by atoms with van der Waals surface area (Å²) < 4.78 is 18.6. The first-order valence-electron chi connectivity index (χ1n) is 7.23. The van der Waals surface area contributed by atoms with E-state index < -0.39 is 5.60 Å². The Morgan fingerprint density at radius 1 is 1.43 bits per heavy atom. The van der Waals surface area contributed by atoms with Gasteiger partial charge in [-0.25, -0.2) is 9.18 Å². The molecule has 0 aliphatic carbocycles. The van der Waals surface area contributed by atoms with Gasteiger partial charge in [0.25, 0.3) is 0 Å². The Morgan fingerprint density at radius 3 is 2.76 bits per heavy atom. The van der Waals surface area contributed by atoms with Gasteiger partial charge in [-0.1, -0.05) is 6.07 Å². The molecule has 21 heavy (non-hydrogen) atoms. The first kappa shape index (κ1) is 15.8. The molecule has 116 valence electrons. The van der Waals surface area contributed by atoms with E-state index in [9.17, 15) is 9.18 Å². The maximum absolute atomic E-state index is 13.2. The standard InChI is InChI=1S/C16H23FN2O2/c1-11-9-12(17)5-6-13(11)14-10-19(8-7-18-14)15(20)21-16(2,3)4/h5-6,9,14,18H,7-8,10H2,1-4H3/t14-/m0/s1. The van der Waals surface area contributed by atoms with Gasteiger partial charge >= 0.3 is 6.09 Å². The number of aryl methyl sites for hydroxylation is 1. The molecular formula is C16H23FN2O2. The van der Waals surface area contributed by atoms with Crippen molar-refractivity contribution in [2.75, 3.05) is 19.6 Å². The Hall–Kier alpha value is -1.62. The Morgan fingerprint density at radius 2 is 2.14 bits per heavy atom. The van der Waals surface area contributed by atoms with E-state index in [-0.39, 0.29) is 18.0 Å². The summed E-state index contributed by atoms with van der Waals surface area (Å²) in [6.45, 7) is 9.29. The Kier molecular flexibility index (Phi) is 4.52. The van der Waals surface area contributed by atoms with E-state index in [0.29, 0.717) is 19.6 Å². The number of hydrogen-bond donors (Lipinski definition) is 1. The van der Waals surface area contributed by atoms with Crippen molar-refractivity contribution < 1.29 is 13.9 Å². The zero-order valence-electron chi connectivity index (χ0n) is 13.1. The average molecular weight is 294 g/mol. The van der Waals surface area contributed by atoms with Gasteiger partial charge in [0.05, 0.1) is 6.04 Å². The third kappa shape index (κ3) is 4.17. The maximum Gasteiger partial charge on any atom is 0.410 e. The van der Waals surface area contributed by atoms with Gasteiger partial charge in [0.15, 0.2) is 0 Å². The summed E-state index contributed by atoms with van der Waals surface area (Å²) in [7, 11) is 0. The van der Waals surface area contributed by atoms with Gasteiger partial charge in [0.2, 0.25) is 0 Å². The van der Waals surface area contributed by atoms with Gasteiger partial charge < -0.3 is 15.0 Å². The highest BCUT2D eigenvalue weighted by Gasteiger charge is 2.28. The van der Waals surface area contributed by atoms with Crippen molar-refractivity contribution in [3.05, 3.63) is 35.1 Å². The predicted molar refractivity (Wildman–Crippen MR) is 79.7 cm³/mol. The molecule has 5 heteroatoms. The number of rotatable bonds is 1. The molecule has 0 bridgehead atoms. The number of amides is 1. The highest BCUT2D eigenvalue weighted by molar-refractivity contribution is 5.68. The largest absolute Gasteiger partial charge is 0.444 e. The van der Waals surface area contributed by atoms with Gasteiger partial charge in [-0.3, -0.25) is 0 Å². The number of carbonyl (C=O) groups excluding carboxylic acids is 1. The molecule has 1 N–H and O–H groups in total. The second-order valence-electron chi connectivity index (χ2n) is 6.43. The van der Waals surface area contributed by atoms with Crippen LogP contribution in [0, 0.1) is 12.7 Å². The molecule has 2 rings (SSSR count). The van der Waals surface area contributed by atoms with Crippen molar-refractivity contribution in [2.45, 2.75) is 39.3 Å². The summed E-state index contributed by atoms with van der Waals surface area (Å²) in [6, 6.07) is 4.76. The van der Waals surface area contributed by atoms with E-state index in [0.717, 1.165) is 11.1 Å². The quantitative estimate of drug-likeness (QED) is 0.865. The van der Waals surface area contributed by atoms with Crippen LogP contribution in [-0.2, 0) is 4.74 Å². The summed E-state index contributed by atoms with van der Waals surface area (Å²) >= 11 is 0. The molecule has 1 aromatic carbocycles. The minimum atomic E-state index is -0.497. The number of nitrogens with one attached hydrogen (secondary N) is 1. The van der Waals surface area contributed by atoms with Crippen molar-refractivity contribution in [3.63, 3.8) is 0 Å². The molecule has 1 amide bonds. The SMILES string of the molecule is Cc1cc(F)ccc1[C@@H]1CN(C(=O)OC(C)(C)C)CCN1. The third-order valence-corrected chi connectivity index (χ3v) is 3.43. The summed E-state index contributed by atoms with van der Waals surface area (Å²) in [5, 5.41) is 3.37. The average Bonchev–Trinajstić information content (AvgIpc) is 2.37. The molecule has 1 fully saturated rings. The fourth-order valence-electron chi connectivity index (χ4n) is 2.48. The lowest BCUT2D eigenvalue weighted by Gasteiger charge is -2.35. The topological polar surface area (TPSA) is 41.6 Å². The van der Waals surface area contributed by atoms with Crippen LogP contribution in [0.5, 0.6) is 0 Å². The fraction of sp³-hybridized carbons (Fsp3) is 0.562. The Balaban J connectivity index is 2.08. The molecule has 1 saturated heterocycles. The van der Waals surface area contributed by atoms with Crippen molar-refractivity contribution >= 4 is 6.09 Å². The highest BCUT2D eigenvalue weighted by Crippen LogP contribution is 2.22. The number of piperazine rings is 1. The number of benzene rings is 1. The second kappa shape index (κ2) is 6.02. The van der Waals surface area contributed by atoms with Crippen LogP contribution in [0.4, 0.5) is 9.18 Å². The molecule has 1 aromatic rings. The van der Waals surface area contributed by atoms with Crippen molar-refractivity contribution in [3.8, 4) is 0 Å². The fourth-order valence-corrected chi connectivity index (χ4v) is 2.48. The number of carbonyl (C=O) groups is 1. The number of ether oxygens (including phenoxy) is 1. The molecule has 4 nitrogen and oxygen atoms in total. The molecule has 0 saturated carbocycles. The minimum absolute atomic E-state index is 0.00636. The number of halogens is 1. The van der Waals surface area contributed by atoms with Crippen LogP contribution in [-0.4, -0.2) is 36.2 Å². The molecule has 0 spiro atoms. The summed E-state index contributed by atoms with van der Waals surface area (Å²) in [6.07, 6.45) is -0.297. The second-order valence-corrected chi connectivity index (χ2v) is 6.43. The van der Waals surface area contributed by atoms with Crippen LogP contribution < -0.4 is 5.32 Å². The molecule has 1 aliphatic rings. The Labute approximate surface area is 125 Å². The first-order chi connectivity index (χ1) is 9.76. The van der Waals surface area contributed by atoms with Gasteiger partial charge in [-0.05, 0) is 51.0 Å². The van der Waals surface area contributed by atoms with Crippen LogP contribution in [0.2, 0.25) is 0 Å². The van der Waals surface area contributed by atoms with Crippen LogP contribution in [0.3, 0.4) is 0 Å². The van der Waals surface area contributed by atoms with Crippen LogP contribution >= 0.6 is 0 Å². The van der Waals surface area contributed by atoms with E-state index >= 15 is 0 Å². The molecule has 0 aromatic heterocycles. The van der Waals surface area contributed by atoms with E-state index in [4.69, 9.17) is 4.74 Å². The molecule has 1 atom stereocenters. The van der Waals surface area contributed by atoms with Crippen molar-refractivity contribution in [1.82, 2.24) is 10.2 Å². The lowest BCUT2D eigenvalue weighted by atomic mass is 9.99. The van der Waals surface area contributed by atoms with Crippen LogP contribution in [0.25, 0.3) is 0 Å². The monoisotopic (exact) mass is 294 g/mol. The smallest absolute Gasteiger partial charge is 0.410 e. The molecular weight excluding hydrogens is 271 g/mol. The summed E-state index contributed by atoms with van der Waals surface area (Å²) in [4.78, 5) is 13.8. The van der Waals surface area contributed by atoms with E-state index in [2.05, 4.69) is 5.32 Å². The van der Waals surface area contributed by atoms with E-state index in [1.807, 2.05) is 27.7 Å². The lowest BCUT2D eigenvalue weighted by molar-refractivity contribution is 0.0195. The van der Waals surface area contributed by atoms with Gasteiger partial charge in [0, 0.05) is 19.6 Å². The molecule has 0 radical (unpaired) electrons. The lowest BCUT2D eigenvalue weighted by Crippen LogP contribution is -2.49. The summed E-state index contributed by atoms with van der Waals surface area (Å²) in [5.74, 6) is -0.240. The predicted octanol–water partition coefficient (Wildman–Crippen LogP) is 3.02. The molecule has 1 aliphatic heterocycles. The minimum Gasteiger partial charge on any atom is -0.444 e. The zero-order valence-corrected chi connectivity index (χ0v) is 13.1. The van der Waals surface area contributed by atoms with E-state index in [1.54, 1.807) is 11.0 Å². The number of nitrogens with zero attached hydrogens (tertiary/aromatic N) is 1. The summed E-state index contributed by atoms with van der Waals surface area (Å²) in [5.41, 5.74) is 1.41.